The van der Waals surface area contributed by atoms with E-state index < -0.39 is 5.25 Å². The number of carbonyl (C=O) groups is 1. The number of para-hydroxylation sites is 1. The number of thioether (sulfide) groups is 1. The number of hydrogen-bond donors (Lipinski definition) is 1. The highest BCUT2D eigenvalue weighted by molar-refractivity contribution is 8.00. The fraction of sp³-hybridized carbons (Fsp3) is 0.222. The van der Waals surface area contributed by atoms with Gasteiger partial charge in [-0.1, -0.05) is 53.2 Å². The van der Waals surface area contributed by atoms with E-state index in [4.69, 9.17) is 23.2 Å². The SMILES string of the molecule is Cc1ccccc1-n1c(C)nnc1S[C@@H](C)C(=O)Nc1ncc(Cl)cc1Cl. The highest BCUT2D eigenvalue weighted by Gasteiger charge is 2.21. The maximum atomic E-state index is 12.6. The second-order valence-corrected chi connectivity index (χ2v) is 8.04. The Balaban J connectivity index is 1.79. The normalized spacial score (nSPS) is 12.0. The fourth-order valence-corrected chi connectivity index (χ4v) is 3.78. The van der Waals surface area contributed by atoms with Crippen molar-refractivity contribution in [2.45, 2.75) is 31.2 Å². The zero-order valence-electron chi connectivity index (χ0n) is 14.9. The molecule has 0 aliphatic carbocycles. The van der Waals surface area contributed by atoms with Gasteiger partial charge in [0.05, 0.1) is 21.0 Å². The summed E-state index contributed by atoms with van der Waals surface area (Å²) in [5, 5.41) is 12.0. The first kappa shape index (κ1) is 19.7. The number of carbonyl (C=O) groups excluding carboxylic acids is 1. The van der Waals surface area contributed by atoms with Crippen LogP contribution in [0.15, 0.2) is 41.7 Å². The number of nitrogens with one attached hydrogen (secondary N) is 1. The maximum Gasteiger partial charge on any atom is 0.238 e. The minimum absolute atomic E-state index is 0.242. The van der Waals surface area contributed by atoms with E-state index >= 15 is 0 Å². The number of aromatic nitrogens is 4. The van der Waals surface area contributed by atoms with Gasteiger partial charge in [0.15, 0.2) is 11.0 Å². The lowest BCUT2D eigenvalue weighted by Crippen LogP contribution is -2.23. The molecule has 0 unspecified atom stereocenters. The van der Waals surface area contributed by atoms with E-state index in [1.54, 1.807) is 6.92 Å². The summed E-state index contributed by atoms with van der Waals surface area (Å²) in [6.45, 7) is 5.69. The van der Waals surface area contributed by atoms with Crippen LogP contribution in [0.3, 0.4) is 0 Å². The first-order valence-electron chi connectivity index (χ1n) is 8.13. The summed E-state index contributed by atoms with van der Waals surface area (Å²) in [7, 11) is 0. The molecule has 6 nitrogen and oxygen atoms in total. The Hall–Kier alpha value is -2.09. The van der Waals surface area contributed by atoms with Crippen molar-refractivity contribution >= 4 is 46.7 Å². The summed E-state index contributed by atoms with van der Waals surface area (Å²) in [6, 6.07) is 9.48. The van der Waals surface area contributed by atoms with Crippen LogP contribution >= 0.6 is 35.0 Å². The molecule has 2 aromatic heterocycles. The fourth-order valence-electron chi connectivity index (χ4n) is 2.45. The van der Waals surface area contributed by atoms with Gasteiger partial charge in [0.2, 0.25) is 5.91 Å². The van der Waals surface area contributed by atoms with Crippen LogP contribution in [0.25, 0.3) is 5.69 Å². The molecule has 0 aliphatic heterocycles. The van der Waals surface area contributed by atoms with Crippen molar-refractivity contribution < 1.29 is 4.79 Å². The van der Waals surface area contributed by atoms with E-state index in [-0.39, 0.29) is 16.7 Å². The maximum absolute atomic E-state index is 12.6. The predicted octanol–water partition coefficient (Wildman–Crippen LogP) is 4.71. The van der Waals surface area contributed by atoms with Gasteiger partial charge in [-0.3, -0.25) is 9.36 Å². The van der Waals surface area contributed by atoms with Gasteiger partial charge in [0.25, 0.3) is 0 Å². The van der Waals surface area contributed by atoms with Crippen molar-refractivity contribution in [1.82, 2.24) is 19.7 Å². The quantitative estimate of drug-likeness (QED) is 0.604. The predicted molar refractivity (Wildman–Crippen MR) is 109 cm³/mol. The van der Waals surface area contributed by atoms with Crippen LogP contribution < -0.4 is 5.32 Å². The second kappa shape index (κ2) is 8.29. The lowest BCUT2D eigenvalue weighted by Gasteiger charge is -2.14. The van der Waals surface area contributed by atoms with Gasteiger partial charge in [-0.15, -0.1) is 10.2 Å². The highest BCUT2D eigenvalue weighted by atomic mass is 35.5. The molecular formula is C18H17Cl2N5OS. The third kappa shape index (κ3) is 4.43. The molecule has 0 saturated heterocycles. The first-order valence-corrected chi connectivity index (χ1v) is 9.77. The molecule has 0 bridgehead atoms. The van der Waals surface area contributed by atoms with Gasteiger partial charge in [-0.25, -0.2) is 4.98 Å². The van der Waals surface area contributed by atoms with E-state index in [0.717, 1.165) is 17.1 Å². The smallest absolute Gasteiger partial charge is 0.238 e. The summed E-state index contributed by atoms with van der Waals surface area (Å²) in [5.41, 5.74) is 2.08. The van der Waals surface area contributed by atoms with Crippen LogP contribution in [-0.4, -0.2) is 30.9 Å². The largest absolute Gasteiger partial charge is 0.308 e. The molecular weight excluding hydrogens is 405 g/mol. The van der Waals surface area contributed by atoms with Gasteiger partial charge in [0, 0.05) is 6.20 Å². The number of benzene rings is 1. The molecule has 1 aromatic carbocycles. The van der Waals surface area contributed by atoms with Gasteiger partial charge in [-0.2, -0.15) is 0 Å². The molecule has 1 atom stereocenters. The van der Waals surface area contributed by atoms with Crippen molar-refractivity contribution in [3.8, 4) is 5.69 Å². The van der Waals surface area contributed by atoms with E-state index in [1.165, 1.54) is 24.0 Å². The van der Waals surface area contributed by atoms with Gasteiger partial charge in [-0.05, 0) is 38.5 Å². The summed E-state index contributed by atoms with van der Waals surface area (Å²) >= 11 is 13.2. The molecule has 3 aromatic rings. The lowest BCUT2D eigenvalue weighted by molar-refractivity contribution is -0.115. The van der Waals surface area contributed by atoms with E-state index in [2.05, 4.69) is 20.5 Å². The molecule has 0 aliphatic rings. The Morgan fingerprint density at radius 2 is 1.96 bits per heavy atom. The van der Waals surface area contributed by atoms with Crippen LogP contribution in [0.2, 0.25) is 10.0 Å². The molecule has 1 amide bonds. The summed E-state index contributed by atoms with van der Waals surface area (Å²) < 4.78 is 1.94. The monoisotopic (exact) mass is 421 g/mol. The van der Waals surface area contributed by atoms with Gasteiger partial charge < -0.3 is 5.32 Å². The van der Waals surface area contributed by atoms with Crippen LogP contribution in [0, 0.1) is 13.8 Å². The van der Waals surface area contributed by atoms with Gasteiger partial charge >= 0.3 is 0 Å². The molecule has 140 valence electrons. The Morgan fingerprint density at radius 1 is 1.22 bits per heavy atom. The topological polar surface area (TPSA) is 72.7 Å². The average molecular weight is 422 g/mol. The van der Waals surface area contributed by atoms with Crippen LogP contribution in [-0.2, 0) is 4.79 Å². The molecule has 0 spiro atoms. The van der Waals surface area contributed by atoms with E-state index in [0.29, 0.717) is 10.2 Å². The Morgan fingerprint density at radius 3 is 2.67 bits per heavy atom. The van der Waals surface area contributed by atoms with Crippen molar-refractivity contribution in [1.29, 1.82) is 0 Å². The molecule has 9 heteroatoms. The number of hydrogen-bond acceptors (Lipinski definition) is 5. The number of pyridine rings is 1. The van der Waals surface area contributed by atoms with Crippen LogP contribution in [0.4, 0.5) is 5.82 Å². The Labute approximate surface area is 171 Å². The molecule has 2 heterocycles. The van der Waals surface area contributed by atoms with Crippen molar-refractivity contribution in [2.75, 3.05) is 5.32 Å². The molecule has 0 saturated carbocycles. The third-order valence-corrected chi connectivity index (χ3v) is 5.39. The zero-order chi connectivity index (χ0) is 19.6. The number of anilines is 1. The number of rotatable bonds is 5. The van der Waals surface area contributed by atoms with Crippen molar-refractivity contribution in [3.63, 3.8) is 0 Å². The minimum atomic E-state index is -0.440. The van der Waals surface area contributed by atoms with Crippen LogP contribution in [0.1, 0.15) is 18.3 Å². The lowest BCUT2D eigenvalue weighted by atomic mass is 10.2. The molecule has 1 N–H and O–H groups in total. The summed E-state index contributed by atoms with van der Waals surface area (Å²) in [5.74, 6) is 0.783. The molecule has 0 fully saturated rings. The van der Waals surface area contributed by atoms with Crippen molar-refractivity contribution in [3.05, 3.63) is 58.0 Å². The number of halogens is 2. The molecule has 0 radical (unpaired) electrons. The summed E-state index contributed by atoms with van der Waals surface area (Å²) in [4.78, 5) is 16.6. The number of nitrogens with zero attached hydrogens (tertiary/aromatic N) is 4. The van der Waals surface area contributed by atoms with E-state index in [9.17, 15) is 4.79 Å². The molecule has 27 heavy (non-hydrogen) atoms. The first-order chi connectivity index (χ1) is 12.9. The average Bonchev–Trinajstić information content (AvgIpc) is 2.98. The summed E-state index contributed by atoms with van der Waals surface area (Å²) in [6.07, 6.45) is 1.43. The standard InChI is InChI=1S/C18H17Cl2N5OS/c1-10-6-4-5-7-15(10)25-12(3)23-24-18(25)27-11(2)17(26)22-16-14(20)8-13(19)9-21-16/h4-9,11H,1-3H3,(H,21,22,26)/t11-/m0/s1. The second-order valence-electron chi connectivity index (χ2n) is 5.88. The van der Waals surface area contributed by atoms with Crippen molar-refractivity contribution in [2.24, 2.45) is 0 Å². The molecule has 3 rings (SSSR count). The van der Waals surface area contributed by atoms with Gasteiger partial charge in [0.1, 0.15) is 5.82 Å². The minimum Gasteiger partial charge on any atom is -0.308 e. The highest BCUT2D eigenvalue weighted by Crippen LogP contribution is 2.28. The zero-order valence-corrected chi connectivity index (χ0v) is 17.2. The third-order valence-electron chi connectivity index (χ3n) is 3.85. The van der Waals surface area contributed by atoms with E-state index in [1.807, 2.05) is 42.7 Å². The Kier molecular flexibility index (Phi) is 6.04. The number of aryl methyl sites for hydroxylation is 2. The van der Waals surface area contributed by atoms with Crippen LogP contribution in [0.5, 0.6) is 0 Å². The Bertz CT molecular complexity index is 992. The number of amides is 1.